The zero-order valence-corrected chi connectivity index (χ0v) is 17.4. The van der Waals surface area contributed by atoms with Crippen LogP contribution in [0.25, 0.3) is 5.65 Å². The lowest BCUT2D eigenvalue weighted by atomic mass is 10.2. The molecule has 9 heteroatoms. The van der Waals surface area contributed by atoms with E-state index in [1.54, 1.807) is 55.6 Å². The quantitative estimate of drug-likeness (QED) is 0.431. The van der Waals surface area contributed by atoms with Crippen LogP contribution in [0.15, 0.2) is 78.1 Å². The second kappa shape index (κ2) is 9.31. The number of rotatable bonds is 7. The van der Waals surface area contributed by atoms with Crippen molar-refractivity contribution in [2.75, 3.05) is 23.5 Å². The molecule has 31 heavy (non-hydrogen) atoms. The first-order chi connectivity index (χ1) is 15.1. The molecular weight excluding hydrogens is 414 g/mol. The summed E-state index contributed by atoms with van der Waals surface area (Å²) >= 11 is 1.30. The minimum absolute atomic E-state index is 0.173. The molecule has 0 saturated heterocycles. The molecular formula is C22H19N5O3S. The Morgan fingerprint density at radius 1 is 0.935 bits per heavy atom. The summed E-state index contributed by atoms with van der Waals surface area (Å²) in [6.45, 7) is 0. The number of anilines is 2. The van der Waals surface area contributed by atoms with E-state index >= 15 is 0 Å². The van der Waals surface area contributed by atoms with Crippen LogP contribution in [-0.4, -0.2) is 39.3 Å². The predicted molar refractivity (Wildman–Crippen MR) is 120 cm³/mol. The highest BCUT2D eigenvalue weighted by Crippen LogP contribution is 2.19. The van der Waals surface area contributed by atoms with Crippen molar-refractivity contribution >= 4 is 40.6 Å². The topological polar surface area (TPSA) is 97.6 Å². The molecule has 2 N–H and O–H groups in total. The Hall–Kier alpha value is -3.85. The van der Waals surface area contributed by atoms with Crippen LogP contribution in [0.4, 0.5) is 11.4 Å². The molecule has 0 aliphatic rings. The molecule has 0 fully saturated rings. The molecule has 156 valence electrons. The number of benzene rings is 2. The van der Waals surface area contributed by atoms with E-state index in [1.807, 2.05) is 28.8 Å². The molecule has 2 amide bonds. The summed E-state index contributed by atoms with van der Waals surface area (Å²) in [5.41, 5.74) is 2.49. The van der Waals surface area contributed by atoms with Gasteiger partial charge in [0.1, 0.15) is 5.75 Å². The molecule has 0 aliphatic carbocycles. The van der Waals surface area contributed by atoms with Gasteiger partial charge in [-0.1, -0.05) is 17.8 Å². The van der Waals surface area contributed by atoms with Gasteiger partial charge in [0.2, 0.25) is 5.91 Å². The fraction of sp³-hybridized carbons (Fsp3) is 0.0909. The highest BCUT2D eigenvalue weighted by molar-refractivity contribution is 7.99. The van der Waals surface area contributed by atoms with Crippen LogP contribution in [0, 0.1) is 0 Å². The molecule has 2 aromatic carbocycles. The van der Waals surface area contributed by atoms with E-state index in [0.717, 1.165) is 5.65 Å². The van der Waals surface area contributed by atoms with Crippen molar-refractivity contribution < 1.29 is 14.3 Å². The van der Waals surface area contributed by atoms with Crippen molar-refractivity contribution in [3.8, 4) is 5.75 Å². The number of hydrogen-bond donors (Lipinski definition) is 2. The third-order valence-electron chi connectivity index (χ3n) is 4.39. The summed E-state index contributed by atoms with van der Waals surface area (Å²) in [7, 11) is 1.59. The summed E-state index contributed by atoms with van der Waals surface area (Å²) in [6.07, 6.45) is 1.85. The maximum absolute atomic E-state index is 12.4. The molecule has 0 unspecified atom stereocenters. The number of carbonyl (C=O) groups excluding carboxylic acids is 2. The van der Waals surface area contributed by atoms with Crippen molar-refractivity contribution in [2.45, 2.75) is 5.16 Å². The Morgan fingerprint density at radius 3 is 2.39 bits per heavy atom. The number of carbonyl (C=O) groups is 2. The van der Waals surface area contributed by atoms with E-state index in [2.05, 4.69) is 20.8 Å². The first-order valence-corrected chi connectivity index (χ1v) is 10.4. The van der Waals surface area contributed by atoms with Crippen LogP contribution in [-0.2, 0) is 4.79 Å². The lowest BCUT2D eigenvalue weighted by Gasteiger charge is -2.08. The van der Waals surface area contributed by atoms with E-state index in [9.17, 15) is 9.59 Å². The molecule has 4 aromatic rings. The number of pyridine rings is 1. The van der Waals surface area contributed by atoms with Crippen molar-refractivity contribution in [1.29, 1.82) is 0 Å². The fourth-order valence-corrected chi connectivity index (χ4v) is 3.55. The zero-order chi connectivity index (χ0) is 21.6. The van der Waals surface area contributed by atoms with Crippen LogP contribution >= 0.6 is 11.8 Å². The number of aromatic nitrogens is 3. The lowest BCUT2D eigenvalue weighted by molar-refractivity contribution is -0.113. The van der Waals surface area contributed by atoms with E-state index in [4.69, 9.17) is 4.74 Å². The van der Waals surface area contributed by atoms with Gasteiger partial charge in [0.05, 0.1) is 12.9 Å². The highest BCUT2D eigenvalue weighted by Gasteiger charge is 2.10. The Balaban J connectivity index is 1.31. The molecule has 0 radical (unpaired) electrons. The monoisotopic (exact) mass is 433 g/mol. The average Bonchev–Trinajstić information content (AvgIpc) is 3.22. The van der Waals surface area contributed by atoms with Gasteiger partial charge in [0.25, 0.3) is 5.91 Å². The van der Waals surface area contributed by atoms with Gasteiger partial charge < -0.3 is 15.4 Å². The summed E-state index contributed by atoms with van der Waals surface area (Å²) < 4.78 is 6.93. The highest BCUT2D eigenvalue weighted by atomic mass is 32.2. The summed E-state index contributed by atoms with van der Waals surface area (Å²) in [5.74, 6) is 0.494. The number of nitrogens with zero attached hydrogens (tertiary/aromatic N) is 3. The first-order valence-electron chi connectivity index (χ1n) is 9.40. The van der Waals surface area contributed by atoms with Gasteiger partial charge >= 0.3 is 0 Å². The smallest absolute Gasteiger partial charge is 0.255 e. The Labute approximate surface area is 182 Å². The van der Waals surface area contributed by atoms with Crippen LogP contribution < -0.4 is 15.4 Å². The lowest BCUT2D eigenvalue weighted by Crippen LogP contribution is -2.15. The van der Waals surface area contributed by atoms with E-state index in [0.29, 0.717) is 27.8 Å². The molecule has 8 nitrogen and oxygen atoms in total. The first kappa shape index (κ1) is 20.4. The minimum Gasteiger partial charge on any atom is -0.497 e. The average molecular weight is 433 g/mol. The fourth-order valence-electron chi connectivity index (χ4n) is 2.83. The molecule has 0 spiro atoms. The van der Waals surface area contributed by atoms with Gasteiger partial charge in [-0.05, 0) is 60.7 Å². The maximum Gasteiger partial charge on any atom is 0.255 e. The number of amides is 2. The number of nitrogens with one attached hydrogen (secondary N) is 2. The van der Waals surface area contributed by atoms with Crippen LogP contribution in [0.5, 0.6) is 5.75 Å². The van der Waals surface area contributed by atoms with Crippen molar-refractivity contribution in [2.24, 2.45) is 0 Å². The standard InChI is InChI=1S/C22H19N5O3S/c1-30-18-11-9-17(10-12-18)24-21(29)15-5-7-16(8-6-15)23-20(28)14-31-22-26-25-19-4-2-3-13-27(19)22/h2-13H,14H2,1H3,(H,23,28)(H,24,29). The molecule has 0 saturated carbocycles. The Morgan fingerprint density at radius 2 is 1.65 bits per heavy atom. The van der Waals surface area contributed by atoms with Gasteiger partial charge in [-0.15, -0.1) is 10.2 Å². The Bertz CT molecular complexity index is 1210. The summed E-state index contributed by atoms with van der Waals surface area (Å²) in [5, 5.41) is 14.4. The number of hydrogen-bond acceptors (Lipinski definition) is 6. The van der Waals surface area contributed by atoms with Gasteiger partial charge in [-0.2, -0.15) is 0 Å². The third-order valence-corrected chi connectivity index (χ3v) is 5.34. The third kappa shape index (κ3) is 5.01. The SMILES string of the molecule is COc1ccc(NC(=O)c2ccc(NC(=O)CSc3nnc4ccccn34)cc2)cc1. The zero-order valence-electron chi connectivity index (χ0n) is 16.6. The molecule has 0 atom stereocenters. The van der Waals surface area contributed by atoms with Gasteiger partial charge in [0, 0.05) is 23.1 Å². The number of ether oxygens (including phenoxy) is 1. The van der Waals surface area contributed by atoms with Crippen molar-refractivity contribution in [3.05, 3.63) is 78.5 Å². The summed E-state index contributed by atoms with van der Waals surface area (Å²) in [4.78, 5) is 24.7. The van der Waals surface area contributed by atoms with Crippen molar-refractivity contribution in [1.82, 2.24) is 14.6 Å². The van der Waals surface area contributed by atoms with E-state index < -0.39 is 0 Å². The van der Waals surface area contributed by atoms with Gasteiger partial charge in [-0.25, -0.2) is 0 Å². The number of methoxy groups -OCH3 is 1. The molecule has 0 aliphatic heterocycles. The van der Waals surface area contributed by atoms with Crippen LogP contribution in [0.1, 0.15) is 10.4 Å². The second-order valence-corrected chi connectivity index (χ2v) is 7.45. The van der Waals surface area contributed by atoms with E-state index in [-0.39, 0.29) is 17.6 Å². The molecule has 0 bridgehead atoms. The van der Waals surface area contributed by atoms with Crippen molar-refractivity contribution in [3.63, 3.8) is 0 Å². The minimum atomic E-state index is -0.239. The van der Waals surface area contributed by atoms with Crippen LogP contribution in [0.3, 0.4) is 0 Å². The number of fused-ring (bicyclic) bond motifs is 1. The molecule has 2 aromatic heterocycles. The predicted octanol–water partition coefficient (Wildman–Crippen LogP) is 3.72. The normalized spacial score (nSPS) is 10.6. The van der Waals surface area contributed by atoms with Gasteiger partial charge in [-0.3, -0.25) is 14.0 Å². The molecule has 2 heterocycles. The largest absolute Gasteiger partial charge is 0.497 e. The van der Waals surface area contributed by atoms with Gasteiger partial charge in [0.15, 0.2) is 10.8 Å². The number of thioether (sulfide) groups is 1. The molecule has 4 rings (SSSR count). The second-order valence-electron chi connectivity index (χ2n) is 6.51. The maximum atomic E-state index is 12.4. The van der Waals surface area contributed by atoms with E-state index in [1.165, 1.54) is 11.8 Å². The summed E-state index contributed by atoms with van der Waals surface area (Å²) in [6, 6.07) is 19.4. The van der Waals surface area contributed by atoms with Crippen LogP contribution in [0.2, 0.25) is 0 Å². The Kier molecular flexibility index (Phi) is 6.13.